The Bertz CT molecular complexity index is 906. The minimum Gasteiger partial charge on any atom is -0.451 e. The van der Waals surface area contributed by atoms with Crippen LogP contribution in [0.1, 0.15) is 11.3 Å². The second kappa shape index (κ2) is 6.66. The maximum Gasteiger partial charge on any atom is 0.270 e. The van der Waals surface area contributed by atoms with Gasteiger partial charge in [0, 0.05) is 5.02 Å². The zero-order valence-corrected chi connectivity index (χ0v) is 16.0. The van der Waals surface area contributed by atoms with Crippen LogP contribution in [0.3, 0.4) is 0 Å². The monoisotopic (exact) mass is 472 g/mol. The van der Waals surface area contributed by atoms with Gasteiger partial charge in [-0.2, -0.15) is 0 Å². The normalized spacial score (nSPS) is 16.7. The summed E-state index contributed by atoms with van der Waals surface area (Å²) < 4.78 is 6.05. The lowest BCUT2D eigenvalue weighted by Crippen LogP contribution is -2.54. The number of rotatable bonds is 2. The van der Waals surface area contributed by atoms with E-state index < -0.39 is 11.8 Å². The number of nitrogens with one attached hydrogen (secondary N) is 1. The van der Waals surface area contributed by atoms with Crippen molar-refractivity contribution in [3.05, 3.63) is 56.0 Å². The van der Waals surface area contributed by atoms with Gasteiger partial charge in [0.1, 0.15) is 11.3 Å². The summed E-state index contributed by atoms with van der Waals surface area (Å²) in [4.78, 5) is 26.3. The van der Waals surface area contributed by atoms with Crippen molar-refractivity contribution in [2.45, 2.75) is 6.92 Å². The van der Waals surface area contributed by atoms with Crippen LogP contribution in [0.2, 0.25) is 5.02 Å². The molecule has 1 N–H and O–H groups in total. The van der Waals surface area contributed by atoms with Gasteiger partial charge in [0.15, 0.2) is 8.88 Å². The summed E-state index contributed by atoms with van der Waals surface area (Å²) in [7, 11) is 0. The second-order valence-corrected chi connectivity index (χ2v) is 6.84. The van der Waals surface area contributed by atoms with Gasteiger partial charge < -0.3 is 4.42 Å². The molecule has 1 aromatic carbocycles. The predicted octanol–water partition coefficient (Wildman–Crippen LogP) is 3.68. The molecule has 1 saturated heterocycles. The van der Waals surface area contributed by atoms with Gasteiger partial charge in [-0.3, -0.25) is 19.8 Å². The van der Waals surface area contributed by atoms with Crippen molar-refractivity contribution in [2.24, 2.45) is 0 Å². The number of benzene rings is 1. The van der Waals surface area contributed by atoms with E-state index in [-0.39, 0.29) is 10.7 Å². The second-order valence-electron chi connectivity index (χ2n) is 4.98. The molecule has 0 aliphatic carbocycles. The third-order valence-corrected chi connectivity index (χ3v) is 4.74. The lowest BCUT2D eigenvalue weighted by molar-refractivity contribution is -0.122. The molecular formula is C16H10ClIN2O3S. The van der Waals surface area contributed by atoms with Crippen LogP contribution < -0.4 is 10.2 Å². The lowest BCUT2D eigenvalue weighted by Gasteiger charge is -2.30. The van der Waals surface area contributed by atoms with Crippen LogP contribution in [-0.4, -0.2) is 16.9 Å². The van der Waals surface area contributed by atoms with E-state index in [1.807, 2.05) is 22.6 Å². The van der Waals surface area contributed by atoms with Gasteiger partial charge >= 0.3 is 0 Å². The Morgan fingerprint density at radius 1 is 1.29 bits per heavy atom. The van der Waals surface area contributed by atoms with E-state index in [0.29, 0.717) is 25.8 Å². The number of hydrogen-bond acceptors (Lipinski definition) is 4. The van der Waals surface area contributed by atoms with Gasteiger partial charge in [-0.25, -0.2) is 0 Å². The zero-order chi connectivity index (χ0) is 17.4. The summed E-state index contributed by atoms with van der Waals surface area (Å²) in [6.45, 7) is 1.78. The van der Waals surface area contributed by atoms with Crippen molar-refractivity contribution < 1.29 is 14.0 Å². The molecule has 1 aromatic heterocycles. The summed E-state index contributed by atoms with van der Waals surface area (Å²) in [5.74, 6) is -0.679. The summed E-state index contributed by atoms with van der Waals surface area (Å²) in [6, 6.07) is 8.57. The first-order valence-corrected chi connectivity index (χ1v) is 8.67. The number of carbonyl (C=O) groups is 2. The molecule has 0 unspecified atom stereocenters. The average molecular weight is 473 g/mol. The zero-order valence-electron chi connectivity index (χ0n) is 12.3. The summed E-state index contributed by atoms with van der Waals surface area (Å²) in [5, 5.41) is 3.05. The van der Waals surface area contributed by atoms with Crippen LogP contribution in [-0.2, 0) is 9.59 Å². The largest absolute Gasteiger partial charge is 0.451 e. The molecule has 1 aliphatic heterocycles. The number of amides is 2. The molecule has 2 aromatic rings. The molecule has 3 rings (SSSR count). The van der Waals surface area contributed by atoms with Crippen molar-refractivity contribution in [1.29, 1.82) is 0 Å². The van der Waals surface area contributed by atoms with Crippen molar-refractivity contribution in [3.63, 3.8) is 0 Å². The van der Waals surface area contributed by atoms with E-state index in [2.05, 4.69) is 5.32 Å². The van der Waals surface area contributed by atoms with Gasteiger partial charge in [-0.15, -0.1) is 0 Å². The molecule has 5 nitrogen and oxygen atoms in total. The van der Waals surface area contributed by atoms with E-state index in [0.717, 1.165) is 0 Å². The summed E-state index contributed by atoms with van der Waals surface area (Å²) in [6.07, 6.45) is 1.40. The van der Waals surface area contributed by atoms with Crippen molar-refractivity contribution in [1.82, 2.24) is 5.32 Å². The van der Waals surface area contributed by atoms with Crippen LogP contribution in [0.4, 0.5) is 5.69 Å². The minimum absolute atomic E-state index is 0.0153. The Morgan fingerprint density at radius 3 is 2.71 bits per heavy atom. The standard InChI is InChI=1S/C16H10ClIN2O3S/c1-8-11(17)3-2-4-12(8)20-15(22)10(14(21)19-16(20)24)7-9-5-6-13(18)23-9/h2-7H,1H3,(H,19,21,24)/b10-7-. The molecule has 0 atom stereocenters. The molecule has 122 valence electrons. The molecule has 24 heavy (non-hydrogen) atoms. The van der Waals surface area contributed by atoms with Crippen LogP contribution in [0.5, 0.6) is 0 Å². The van der Waals surface area contributed by atoms with Crippen LogP contribution >= 0.6 is 46.4 Å². The molecule has 8 heteroatoms. The Kier molecular flexibility index (Phi) is 4.75. The van der Waals surface area contributed by atoms with E-state index in [4.69, 9.17) is 28.2 Å². The molecule has 1 aliphatic rings. The van der Waals surface area contributed by atoms with E-state index in [1.165, 1.54) is 11.0 Å². The predicted molar refractivity (Wildman–Crippen MR) is 104 cm³/mol. The number of furan rings is 1. The van der Waals surface area contributed by atoms with Crippen molar-refractivity contribution >= 4 is 75.1 Å². The van der Waals surface area contributed by atoms with E-state index in [9.17, 15) is 9.59 Å². The highest BCUT2D eigenvalue weighted by molar-refractivity contribution is 14.1. The number of thiocarbonyl (C=S) groups is 1. The molecule has 0 radical (unpaired) electrons. The molecule has 2 heterocycles. The number of hydrogen-bond donors (Lipinski definition) is 1. The fraction of sp³-hybridized carbons (Fsp3) is 0.0625. The SMILES string of the molecule is Cc1c(Cl)cccc1N1C(=O)/C(=C\c2ccc(I)o2)C(=O)NC1=S. The topological polar surface area (TPSA) is 62.6 Å². The molecule has 0 bridgehead atoms. The quantitative estimate of drug-likeness (QED) is 0.314. The third-order valence-electron chi connectivity index (χ3n) is 3.46. The number of carbonyl (C=O) groups excluding carboxylic acids is 2. The Morgan fingerprint density at radius 2 is 2.04 bits per heavy atom. The Balaban J connectivity index is 2.06. The van der Waals surface area contributed by atoms with E-state index >= 15 is 0 Å². The maximum absolute atomic E-state index is 12.8. The van der Waals surface area contributed by atoms with Gasteiger partial charge in [0.05, 0.1) is 5.69 Å². The van der Waals surface area contributed by atoms with Crippen molar-refractivity contribution in [3.8, 4) is 0 Å². The first-order chi connectivity index (χ1) is 11.4. The Hall–Kier alpha value is -1.71. The molecule has 2 amide bonds. The first kappa shape index (κ1) is 17.1. The fourth-order valence-corrected chi connectivity index (χ4v) is 3.14. The van der Waals surface area contributed by atoms with Crippen molar-refractivity contribution in [2.75, 3.05) is 4.90 Å². The first-order valence-electron chi connectivity index (χ1n) is 6.80. The molecular weight excluding hydrogens is 463 g/mol. The lowest BCUT2D eigenvalue weighted by atomic mass is 10.1. The van der Waals surface area contributed by atoms with Crippen LogP contribution in [0, 0.1) is 10.7 Å². The van der Waals surface area contributed by atoms with Gasteiger partial charge in [-0.05, 0) is 77.6 Å². The molecule has 1 fully saturated rings. The van der Waals surface area contributed by atoms with E-state index in [1.54, 1.807) is 37.3 Å². The number of anilines is 1. The maximum atomic E-state index is 12.8. The number of halogens is 2. The van der Waals surface area contributed by atoms with Crippen LogP contribution in [0.25, 0.3) is 6.08 Å². The Labute approximate surface area is 161 Å². The highest BCUT2D eigenvalue weighted by Gasteiger charge is 2.35. The van der Waals surface area contributed by atoms with Crippen LogP contribution in [0.15, 0.2) is 40.3 Å². The van der Waals surface area contributed by atoms with Gasteiger partial charge in [-0.1, -0.05) is 17.7 Å². The highest BCUT2D eigenvalue weighted by Crippen LogP contribution is 2.29. The van der Waals surface area contributed by atoms with Gasteiger partial charge in [0.25, 0.3) is 11.8 Å². The summed E-state index contributed by atoms with van der Waals surface area (Å²) >= 11 is 13.3. The smallest absolute Gasteiger partial charge is 0.270 e. The summed E-state index contributed by atoms with van der Waals surface area (Å²) in [5.41, 5.74) is 1.16. The third kappa shape index (κ3) is 3.11. The average Bonchev–Trinajstić information content (AvgIpc) is 2.93. The molecule has 0 spiro atoms. The van der Waals surface area contributed by atoms with Gasteiger partial charge in [0.2, 0.25) is 0 Å². The fourth-order valence-electron chi connectivity index (χ4n) is 2.26. The minimum atomic E-state index is -0.563. The molecule has 0 saturated carbocycles. The number of nitrogens with zero attached hydrogens (tertiary/aromatic N) is 1. The highest BCUT2D eigenvalue weighted by atomic mass is 127.